The van der Waals surface area contributed by atoms with E-state index in [1.54, 1.807) is 24.3 Å². The van der Waals surface area contributed by atoms with Crippen molar-refractivity contribution in [2.75, 3.05) is 5.73 Å². The van der Waals surface area contributed by atoms with Crippen molar-refractivity contribution < 1.29 is 0 Å². The molecule has 0 unspecified atom stereocenters. The van der Waals surface area contributed by atoms with E-state index in [4.69, 9.17) is 11.0 Å². The lowest BCUT2D eigenvalue weighted by atomic mass is 10.0. The number of unbranched alkanes of at least 4 members (excludes halogenated alkanes) is 15. The molecule has 0 aliphatic carbocycles. The SMILES string of the molecule is CCCCCCCCCCCCCCCCCCc1ccc(N=Nc2ccc(C#N)cc2)c(N)c1. The average Bonchev–Trinajstić information content (AvgIpc) is 2.88. The van der Waals surface area contributed by atoms with Gasteiger partial charge in [-0.05, 0) is 54.8 Å². The van der Waals surface area contributed by atoms with Crippen molar-refractivity contribution in [1.29, 1.82) is 5.26 Å². The molecular formula is C31H46N4. The Bertz CT molecular complexity index is 880. The third-order valence-corrected chi connectivity index (χ3v) is 6.68. The fourth-order valence-corrected chi connectivity index (χ4v) is 4.44. The highest BCUT2D eigenvalue weighted by atomic mass is 15.1. The molecule has 0 fully saturated rings. The molecule has 2 aromatic carbocycles. The number of hydrogen-bond acceptors (Lipinski definition) is 4. The van der Waals surface area contributed by atoms with Crippen LogP contribution in [0.3, 0.4) is 0 Å². The zero-order valence-corrected chi connectivity index (χ0v) is 22.0. The molecule has 4 nitrogen and oxygen atoms in total. The number of nitrogen functional groups attached to an aromatic ring is 1. The third-order valence-electron chi connectivity index (χ3n) is 6.68. The maximum Gasteiger partial charge on any atom is 0.109 e. The van der Waals surface area contributed by atoms with Gasteiger partial charge in [0.25, 0.3) is 0 Å². The van der Waals surface area contributed by atoms with Gasteiger partial charge in [0, 0.05) is 0 Å². The second-order valence-corrected chi connectivity index (χ2v) is 9.81. The van der Waals surface area contributed by atoms with Crippen molar-refractivity contribution in [3.05, 3.63) is 53.6 Å². The highest BCUT2D eigenvalue weighted by Crippen LogP contribution is 2.26. The van der Waals surface area contributed by atoms with Gasteiger partial charge >= 0.3 is 0 Å². The standard InChI is InChI=1S/C31H46N4/c1-2-3-4-5-6-7-8-9-10-11-12-13-14-15-16-17-18-27-21-24-31(30(33)25-27)35-34-29-22-19-28(26-32)20-23-29/h19-25H,2-18,33H2,1H3. The Labute approximate surface area is 214 Å². The van der Waals surface area contributed by atoms with Crippen LogP contribution < -0.4 is 5.73 Å². The van der Waals surface area contributed by atoms with Gasteiger partial charge < -0.3 is 5.73 Å². The fraction of sp³-hybridized carbons (Fsp3) is 0.581. The summed E-state index contributed by atoms with van der Waals surface area (Å²) in [4.78, 5) is 0. The average molecular weight is 475 g/mol. The number of aryl methyl sites for hydroxylation is 1. The van der Waals surface area contributed by atoms with E-state index in [2.05, 4.69) is 29.3 Å². The van der Waals surface area contributed by atoms with E-state index in [9.17, 15) is 0 Å². The first-order valence-corrected chi connectivity index (χ1v) is 14.0. The molecule has 0 aliphatic heterocycles. The van der Waals surface area contributed by atoms with Crippen molar-refractivity contribution in [1.82, 2.24) is 0 Å². The minimum absolute atomic E-state index is 0.613. The van der Waals surface area contributed by atoms with Gasteiger partial charge in [-0.1, -0.05) is 109 Å². The number of azo groups is 1. The molecule has 0 atom stereocenters. The molecule has 0 saturated carbocycles. The van der Waals surface area contributed by atoms with Crippen molar-refractivity contribution in [3.63, 3.8) is 0 Å². The first kappa shape index (κ1) is 28.6. The molecule has 0 spiro atoms. The molecule has 4 heteroatoms. The molecule has 0 aromatic heterocycles. The summed E-state index contributed by atoms with van der Waals surface area (Å²) in [7, 11) is 0. The van der Waals surface area contributed by atoms with Gasteiger partial charge in [0.2, 0.25) is 0 Å². The van der Waals surface area contributed by atoms with Crippen LogP contribution in [-0.4, -0.2) is 0 Å². The zero-order chi connectivity index (χ0) is 25.0. The number of nitriles is 1. The van der Waals surface area contributed by atoms with Gasteiger partial charge in [-0.3, -0.25) is 0 Å². The van der Waals surface area contributed by atoms with Crippen LogP contribution in [0.2, 0.25) is 0 Å². The Kier molecular flexibility index (Phi) is 15.2. The Morgan fingerprint density at radius 2 is 1.17 bits per heavy atom. The first-order chi connectivity index (χ1) is 17.2. The molecule has 0 bridgehead atoms. The number of rotatable bonds is 19. The number of benzene rings is 2. The van der Waals surface area contributed by atoms with E-state index in [1.165, 1.54) is 108 Å². The largest absolute Gasteiger partial charge is 0.397 e. The maximum atomic E-state index is 8.87. The van der Waals surface area contributed by atoms with Gasteiger partial charge in [-0.15, -0.1) is 5.11 Å². The Morgan fingerprint density at radius 1 is 0.657 bits per heavy atom. The Morgan fingerprint density at radius 3 is 1.66 bits per heavy atom. The second-order valence-electron chi connectivity index (χ2n) is 9.81. The molecule has 0 heterocycles. The summed E-state index contributed by atoms with van der Waals surface area (Å²) in [6.45, 7) is 2.29. The number of nitrogens with zero attached hydrogens (tertiary/aromatic N) is 3. The smallest absolute Gasteiger partial charge is 0.109 e. The van der Waals surface area contributed by atoms with E-state index in [0.717, 1.165) is 6.42 Å². The topological polar surface area (TPSA) is 74.5 Å². The predicted octanol–water partition coefficient (Wildman–Crippen LogP) is 10.4. The summed E-state index contributed by atoms with van der Waals surface area (Å²) < 4.78 is 0. The highest BCUT2D eigenvalue weighted by Gasteiger charge is 2.02. The summed E-state index contributed by atoms with van der Waals surface area (Å²) in [6.07, 6.45) is 23.3. The monoisotopic (exact) mass is 474 g/mol. The molecule has 0 radical (unpaired) electrons. The Hall–Kier alpha value is -2.67. The lowest BCUT2D eigenvalue weighted by Crippen LogP contribution is -1.91. The van der Waals surface area contributed by atoms with Crippen LogP contribution >= 0.6 is 0 Å². The van der Waals surface area contributed by atoms with Crippen LogP contribution in [0.25, 0.3) is 0 Å². The van der Waals surface area contributed by atoms with Gasteiger partial charge in [0.05, 0.1) is 23.0 Å². The molecule has 0 aliphatic rings. The fourth-order valence-electron chi connectivity index (χ4n) is 4.44. The lowest BCUT2D eigenvalue weighted by Gasteiger charge is -2.06. The van der Waals surface area contributed by atoms with Crippen molar-refractivity contribution in [2.45, 2.75) is 116 Å². The summed E-state index contributed by atoms with van der Waals surface area (Å²) >= 11 is 0. The number of anilines is 1. The second kappa shape index (κ2) is 18.6. The van der Waals surface area contributed by atoms with Gasteiger partial charge in [0.15, 0.2) is 0 Å². The van der Waals surface area contributed by atoms with Gasteiger partial charge in [-0.25, -0.2) is 0 Å². The molecule has 0 saturated heterocycles. The lowest BCUT2D eigenvalue weighted by molar-refractivity contribution is 0.529. The highest BCUT2D eigenvalue weighted by molar-refractivity contribution is 5.63. The van der Waals surface area contributed by atoms with E-state index < -0.39 is 0 Å². The number of hydrogen-bond donors (Lipinski definition) is 1. The van der Waals surface area contributed by atoms with Crippen LogP contribution in [0.1, 0.15) is 121 Å². The molecule has 35 heavy (non-hydrogen) atoms. The van der Waals surface area contributed by atoms with Crippen molar-refractivity contribution >= 4 is 17.1 Å². The maximum absolute atomic E-state index is 8.87. The quantitative estimate of drug-likeness (QED) is 0.125. The summed E-state index contributed by atoms with van der Waals surface area (Å²) in [5, 5.41) is 17.4. The van der Waals surface area contributed by atoms with E-state index in [1.807, 2.05) is 12.1 Å². The Balaban J connectivity index is 1.48. The molecule has 0 amide bonds. The summed E-state index contributed by atoms with van der Waals surface area (Å²) in [5.41, 5.74) is 10.1. The molecule has 2 aromatic rings. The minimum Gasteiger partial charge on any atom is -0.397 e. The minimum atomic E-state index is 0.613. The van der Waals surface area contributed by atoms with Crippen LogP contribution in [0, 0.1) is 11.3 Å². The number of nitrogens with two attached hydrogens (primary N) is 1. The first-order valence-electron chi connectivity index (χ1n) is 14.0. The molecule has 190 valence electrons. The van der Waals surface area contributed by atoms with Crippen molar-refractivity contribution in [2.24, 2.45) is 10.2 Å². The molecular weight excluding hydrogens is 428 g/mol. The van der Waals surface area contributed by atoms with E-state index in [0.29, 0.717) is 22.6 Å². The van der Waals surface area contributed by atoms with Crippen LogP contribution in [0.5, 0.6) is 0 Å². The van der Waals surface area contributed by atoms with Crippen molar-refractivity contribution in [3.8, 4) is 6.07 Å². The van der Waals surface area contributed by atoms with Crippen LogP contribution in [-0.2, 0) is 6.42 Å². The van der Waals surface area contributed by atoms with Crippen LogP contribution in [0.4, 0.5) is 17.1 Å². The van der Waals surface area contributed by atoms with E-state index in [-0.39, 0.29) is 0 Å². The molecule has 2 N–H and O–H groups in total. The summed E-state index contributed by atoms with van der Waals surface area (Å²) in [5.74, 6) is 0. The third kappa shape index (κ3) is 13.1. The summed E-state index contributed by atoms with van der Waals surface area (Å²) in [6, 6.07) is 15.2. The van der Waals surface area contributed by atoms with Gasteiger partial charge in [0.1, 0.15) is 5.69 Å². The van der Waals surface area contributed by atoms with Crippen LogP contribution in [0.15, 0.2) is 52.7 Å². The van der Waals surface area contributed by atoms with E-state index >= 15 is 0 Å². The predicted molar refractivity (Wildman–Crippen MR) is 149 cm³/mol. The van der Waals surface area contributed by atoms with Gasteiger partial charge in [-0.2, -0.15) is 10.4 Å². The molecule has 2 rings (SSSR count). The normalized spacial score (nSPS) is 11.2. The zero-order valence-electron chi connectivity index (χ0n) is 22.0.